The van der Waals surface area contributed by atoms with Crippen molar-refractivity contribution in [2.45, 2.75) is 33.2 Å². The molecule has 2 aromatic rings. The summed E-state index contributed by atoms with van der Waals surface area (Å²) in [4.78, 5) is 25.3. The van der Waals surface area contributed by atoms with E-state index in [2.05, 4.69) is 11.8 Å². The molecule has 1 N–H and O–H groups in total. The summed E-state index contributed by atoms with van der Waals surface area (Å²) in [5, 5.41) is 21.3. The van der Waals surface area contributed by atoms with Crippen LogP contribution in [0.5, 0.6) is 11.5 Å². The van der Waals surface area contributed by atoms with Crippen LogP contribution in [-0.2, 0) is 6.54 Å². The first kappa shape index (κ1) is 20.5. The number of phenols is 1. The van der Waals surface area contributed by atoms with Crippen molar-refractivity contribution in [1.29, 1.82) is 0 Å². The lowest BCUT2D eigenvalue weighted by Gasteiger charge is -2.19. The molecule has 0 saturated carbocycles. The summed E-state index contributed by atoms with van der Waals surface area (Å²) in [6, 6.07) is 7.48. The maximum atomic E-state index is 12.9. The Labute approximate surface area is 169 Å². The fourth-order valence-corrected chi connectivity index (χ4v) is 3.35. The third-order valence-electron chi connectivity index (χ3n) is 4.94. The van der Waals surface area contributed by atoms with E-state index in [1.165, 1.54) is 12.1 Å². The first-order chi connectivity index (χ1) is 13.8. The molecule has 0 unspecified atom stereocenters. The molecule has 29 heavy (non-hydrogen) atoms. The van der Waals surface area contributed by atoms with E-state index in [0.717, 1.165) is 19.4 Å². The second kappa shape index (κ2) is 8.45. The number of nitro groups is 1. The van der Waals surface area contributed by atoms with Gasteiger partial charge in [-0.05, 0) is 62.3 Å². The second-order valence-electron chi connectivity index (χ2n) is 7.28. The van der Waals surface area contributed by atoms with Crippen LogP contribution in [0.1, 0.15) is 46.8 Å². The van der Waals surface area contributed by atoms with Gasteiger partial charge in [-0.2, -0.15) is 0 Å². The Balaban J connectivity index is 1.93. The molecule has 1 aliphatic heterocycles. The highest BCUT2D eigenvalue weighted by Gasteiger charge is 2.33. The average molecular weight is 396 g/mol. The van der Waals surface area contributed by atoms with Crippen LogP contribution in [0.25, 0.3) is 6.08 Å². The third kappa shape index (κ3) is 4.30. The number of fused-ring (bicyclic) bond motifs is 1. The molecule has 0 bridgehead atoms. The molecule has 1 heterocycles. The van der Waals surface area contributed by atoms with Gasteiger partial charge in [0, 0.05) is 18.7 Å². The van der Waals surface area contributed by atoms with Crippen molar-refractivity contribution in [3.63, 3.8) is 0 Å². The number of ether oxygens (including phenoxy) is 1. The van der Waals surface area contributed by atoms with Crippen molar-refractivity contribution in [1.82, 2.24) is 4.90 Å². The van der Waals surface area contributed by atoms with Crippen LogP contribution in [0, 0.1) is 17.0 Å². The van der Waals surface area contributed by atoms with Crippen LogP contribution < -0.4 is 4.74 Å². The molecule has 0 aliphatic carbocycles. The summed E-state index contributed by atoms with van der Waals surface area (Å²) < 4.78 is 5.89. The first-order valence-corrected chi connectivity index (χ1v) is 9.54. The van der Waals surface area contributed by atoms with Crippen LogP contribution in [-0.4, -0.2) is 34.3 Å². The molecule has 0 fully saturated rings. The van der Waals surface area contributed by atoms with E-state index >= 15 is 0 Å². The van der Waals surface area contributed by atoms with Gasteiger partial charge in [0.05, 0.1) is 16.1 Å². The van der Waals surface area contributed by atoms with Gasteiger partial charge in [-0.3, -0.25) is 14.9 Å². The Morgan fingerprint density at radius 2 is 1.97 bits per heavy atom. The number of hydrogen-bond donors (Lipinski definition) is 1. The number of rotatable bonds is 7. The van der Waals surface area contributed by atoms with Crippen molar-refractivity contribution >= 4 is 17.5 Å². The average Bonchev–Trinajstić information content (AvgIpc) is 3.00. The molecular formula is C22H24N2O5. The zero-order valence-electron chi connectivity index (χ0n) is 16.8. The number of carbonyl (C=O) groups excluding carboxylic acids is 1. The molecule has 7 nitrogen and oxygen atoms in total. The number of allylic oxidation sites excluding steroid dienone is 1. The number of Topliss-reactive ketones (excluding diaryl/α,β-unsaturated/α-hetero) is 1. The lowest BCUT2D eigenvalue weighted by Crippen LogP contribution is -2.19. The predicted molar refractivity (Wildman–Crippen MR) is 110 cm³/mol. The Bertz CT molecular complexity index is 980. The largest absolute Gasteiger partial charge is 0.507 e. The summed E-state index contributed by atoms with van der Waals surface area (Å²) in [6.07, 6.45) is 3.67. The van der Waals surface area contributed by atoms with E-state index in [1.54, 1.807) is 31.2 Å². The number of ketones is 1. The van der Waals surface area contributed by atoms with E-state index in [4.69, 9.17) is 4.74 Å². The standard InChI is InChI=1S/C22H24N2O5/c1-4-5-10-23(3)13-17-18(25)11-14(2)20-21(26)19(29-22(17)20)12-15-6-8-16(9-7-15)24(27)28/h6-9,11-12,25H,4-5,10,13H2,1-3H3/b19-12-. The zero-order valence-corrected chi connectivity index (χ0v) is 16.8. The van der Waals surface area contributed by atoms with Crippen molar-refractivity contribution < 1.29 is 19.6 Å². The summed E-state index contributed by atoms with van der Waals surface area (Å²) in [5.74, 6) is 0.381. The minimum absolute atomic E-state index is 0.0210. The Morgan fingerprint density at radius 1 is 1.28 bits per heavy atom. The van der Waals surface area contributed by atoms with Gasteiger partial charge in [-0.25, -0.2) is 0 Å². The van der Waals surface area contributed by atoms with E-state index < -0.39 is 4.92 Å². The summed E-state index contributed by atoms with van der Waals surface area (Å²) in [7, 11) is 1.96. The number of aryl methyl sites for hydroxylation is 1. The fraction of sp³-hybridized carbons (Fsp3) is 0.318. The van der Waals surface area contributed by atoms with Crippen molar-refractivity contribution in [3.8, 4) is 11.5 Å². The lowest BCUT2D eigenvalue weighted by atomic mass is 9.99. The predicted octanol–water partition coefficient (Wildman–Crippen LogP) is 4.46. The summed E-state index contributed by atoms with van der Waals surface area (Å²) in [5.41, 5.74) is 2.29. The van der Waals surface area contributed by atoms with Gasteiger partial charge in [0.25, 0.3) is 5.69 Å². The highest BCUT2D eigenvalue weighted by molar-refractivity contribution is 6.15. The molecular weight excluding hydrogens is 372 g/mol. The maximum absolute atomic E-state index is 12.9. The first-order valence-electron chi connectivity index (χ1n) is 9.54. The Hall–Kier alpha value is -3.19. The van der Waals surface area contributed by atoms with Gasteiger partial charge in [-0.1, -0.05) is 13.3 Å². The molecule has 0 amide bonds. The smallest absolute Gasteiger partial charge is 0.269 e. The van der Waals surface area contributed by atoms with Gasteiger partial charge in [-0.15, -0.1) is 0 Å². The van der Waals surface area contributed by atoms with Crippen molar-refractivity contribution in [3.05, 3.63) is 68.5 Å². The molecule has 0 atom stereocenters. The van der Waals surface area contributed by atoms with Gasteiger partial charge < -0.3 is 14.7 Å². The SMILES string of the molecule is CCCCN(C)Cc1c(O)cc(C)c2c1O/C(=C\c1ccc([N+](=O)[O-])cc1)C2=O. The summed E-state index contributed by atoms with van der Waals surface area (Å²) in [6.45, 7) is 5.22. The van der Waals surface area contributed by atoms with Crippen molar-refractivity contribution in [2.24, 2.45) is 0 Å². The number of aromatic hydroxyl groups is 1. The molecule has 0 radical (unpaired) electrons. The van der Waals surface area contributed by atoms with Crippen LogP contribution in [0.4, 0.5) is 5.69 Å². The van der Waals surface area contributed by atoms with E-state index in [1.807, 2.05) is 7.05 Å². The summed E-state index contributed by atoms with van der Waals surface area (Å²) >= 11 is 0. The molecule has 7 heteroatoms. The monoisotopic (exact) mass is 396 g/mol. The highest BCUT2D eigenvalue weighted by atomic mass is 16.6. The number of unbranched alkanes of at least 4 members (excludes halogenated alkanes) is 1. The fourth-order valence-electron chi connectivity index (χ4n) is 3.35. The molecule has 3 rings (SSSR count). The van der Waals surface area contributed by atoms with Crippen LogP contribution in [0.3, 0.4) is 0 Å². The zero-order chi connectivity index (χ0) is 21.1. The van der Waals surface area contributed by atoms with Crippen LogP contribution in [0.15, 0.2) is 36.1 Å². The minimum Gasteiger partial charge on any atom is -0.507 e. The molecule has 2 aromatic carbocycles. The highest BCUT2D eigenvalue weighted by Crippen LogP contribution is 2.42. The molecule has 0 aromatic heterocycles. The number of phenolic OH excluding ortho intramolecular Hbond substituents is 1. The molecule has 1 aliphatic rings. The molecule has 152 valence electrons. The number of nitro benzene ring substituents is 1. The van der Waals surface area contributed by atoms with E-state index in [9.17, 15) is 20.0 Å². The third-order valence-corrected chi connectivity index (χ3v) is 4.94. The lowest BCUT2D eigenvalue weighted by molar-refractivity contribution is -0.384. The number of carbonyl (C=O) groups is 1. The van der Waals surface area contributed by atoms with Gasteiger partial charge in [0.2, 0.25) is 5.78 Å². The number of nitrogens with zero attached hydrogens (tertiary/aromatic N) is 2. The molecule has 0 saturated heterocycles. The van der Waals surface area contributed by atoms with Crippen LogP contribution >= 0.6 is 0 Å². The van der Waals surface area contributed by atoms with E-state index in [0.29, 0.717) is 34.5 Å². The Kier molecular flexibility index (Phi) is 5.98. The molecule has 0 spiro atoms. The normalized spacial score (nSPS) is 14.3. The number of benzene rings is 2. The maximum Gasteiger partial charge on any atom is 0.269 e. The minimum atomic E-state index is -0.475. The number of non-ortho nitro benzene ring substituents is 1. The van der Waals surface area contributed by atoms with E-state index in [-0.39, 0.29) is 23.0 Å². The van der Waals surface area contributed by atoms with Gasteiger partial charge in [0.15, 0.2) is 5.76 Å². The van der Waals surface area contributed by atoms with Gasteiger partial charge >= 0.3 is 0 Å². The quantitative estimate of drug-likeness (QED) is 0.422. The van der Waals surface area contributed by atoms with Crippen molar-refractivity contribution in [2.75, 3.05) is 13.6 Å². The second-order valence-corrected chi connectivity index (χ2v) is 7.28. The Morgan fingerprint density at radius 3 is 2.59 bits per heavy atom. The number of hydrogen-bond acceptors (Lipinski definition) is 6. The topological polar surface area (TPSA) is 92.9 Å². The van der Waals surface area contributed by atoms with Crippen LogP contribution in [0.2, 0.25) is 0 Å². The van der Waals surface area contributed by atoms with Gasteiger partial charge in [0.1, 0.15) is 11.5 Å².